The molecule has 2 heterocycles. The Labute approximate surface area is 173 Å². The van der Waals surface area contributed by atoms with Gasteiger partial charge in [0.2, 0.25) is 5.91 Å². The maximum Gasteiger partial charge on any atom is 0.240 e. The van der Waals surface area contributed by atoms with Gasteiger partial charge >= 0.3 is 0 Å². The van der Waals surface area contributed by atoms with Gasteiger partial charge in [0.15, 0.2) is 5.43 Å². The smallest absolute Gasteiger partial charge is 0.240 e. The number of rotatable bonds is 6. The number of hydrogen-bond acceptors (Lipinski definition) is 4. The van der Waals surface area contributed by atoms with Gasteiger partial charge in [-0.15, -0.1) is 11.3 Å². The molecule has 4 rings (SSSR count). The highest BCUT2D eigenvalue weighted by Crippen LogP contribution is 2.22. The van der Waals surface area contributed by atoms with Gasteiger partial charge in [-0.3, -0.25) is 9.59 Å². The van der Waals surface area contributed by atoms with E-state index in [1.165, 1.54) is 4.88 Å². The predicted molar refractivity (Wildman–Crippen MR) is 119 cm³/mol. The standard InChI is InChI=1S/C23H23N3O2S/c1-25(2)20(21-12-7-13-29-21)14-24-22(27)15-26-18-10-5-3-8-16(18)23(28)17-9-4-6-11-19(17)26/h3-13,20H,14-15H2,1-2H3,(H,24,27). The number of benzene rings is 2. The Balaban J connectivity index is 1.64. The molecule has 0 aliphatic rings. The number of thiophene rings is 1. The van der Waals surface area contributed by atoms with Crippen LogP contribution in [0.5, 0.6) is 0 Å². The Kier molecular flexibility index (Phi) is 5.47. The summed E-state index contributed by atoms with van der Waals surface area (Å²) in [5.74, 6) is -0.0765. The number of nitrogens with zero attached hydrogens (tertiary/aromatic N) is 2. The summed E-state index contributed by atoms with van der Waals surface area (Å²) in [7, 11) is 4.03. The SMILES string of the molecule is CN(C)C(CNC(=O)Cn1c2ccccc2c(=O)c2ccccc21)c1cccs1. The van der Waals surface area contributed by atoms with E-state index in [9.17, 15) is 9.59 Å². The molecule has 1 atom stereocenters. The Morgan fingerprint density at radius 2 is 1.62 bits per heavy atom. The van der Waals surface area contributed by atoms with Crippen LogP contribution in [0, 0.1) is 0 Å². The van der Waals surface area contributed by atoms with Crippen molar-refractivity contribution in [2.45, 2.75) is 12.6 Å². The highest BCUT2D eigenvalue weighted by Gasteiger charge is 2.17. The van der Waals surface area contributed by atoms with Crippen LogP contribution >= 0.6 is 11.3 Å². The minimum Gasteiger partial charge on any atom is -0.353 e. The number of likely N-dealkylation sites (N-methyl/N-ethyl adjacent to an activating group) is 1. The molecular weight excluding hydrogens is 382 g/mol. The monoisotopic (exact) mass is 405 g/mol. The molecule has 1 unspecified atom stereocenters. The summed E-state index contributed by atoms with van der Waals surface area (Å²) in [5.41, 5.74) is 1.54. The van der Waals surface area contributed by atoms with Crippen LogP contribution in [0.4, 0.5) is 0 Å². The number of amides is 1. The molecule has 29 heavy (non-hydrogen) atoms. The van der Waals surface area contributed by atoms with E-state index >= 15 is 0 Å². The van der Waals surface area contributed by atoms with E-state index in [1.54, 1.807) is 11.3 Å². The van der Waals surface area contributed by atoms with Crippen LogP contribution in [0.1, 0.15) is 10.9 Å². The minimum atomic E-state index is -0.0765. The number of carbonyl (C=O) groups is 1. The third kappa shape index (κ3) is 3.81. The van der Waals surface area contributed by atoms with Crippen LogP contribution in [0.3, 0.4) is 0 Å². The highest BCUT2D eigenvalue weighted by molar-refractivity contribution is 7.10. The fraction of sp³-hybridized carbons (Fsp3) is 0.217. The molecule has 1 N–H and O–H groups in total. The van der Waals surface area contributed by atoms with E-state index in [0.717, 1.165) is 11.0 Å². The third-order valence-corrected chi connectivity index (χ3v) is 6.14. The maximum absolute atomic E-state index is 12.9. The van der Waals surface area contributed by atoms with Gasteiger partial charge in [0.05, 0.1) is 17.1 Å². The molecule has 6 heteroatoms. The van der Waals surface area contributed by atoms with Crippen LogP contribution in [-0.4, -0.2) is 36.0 Å². The molecule has 0 aliphatic heterocycles. The summed E-state index contributed by atoms with van der Waals surface area (Å²) < 4.78 is 1.93. The Morgan fingerprint density at radius 1 is 1.00 bits per heavy atom. The number of para-hydroxylation sites is 2. The van der Waals surface area contributed by atoms with Crippen molar-refractivity contribution in [1.82, 2.24) is 14.8 Å². The van der Waals surface area contributed by atoms with Gasteiger partial charge in [0, 0.05) is 22.2 Å². The van der Waals surface area contributed by atoms with Crippen molar-refractivity contribution in [2.24, 2.45) is 0 Å². The molecule has 0 saturated heterocycles. The molecule has 0 radical (unpaired) electrons. The average Bonchev–Trinajstić information content (AvgIpc) is 3.25. The number of fused-ring (bicyclic) bond motifs is 2. The van der Waals surface area contributed by atoms with Crippen LogP contribution in [0.25, 0.3) is 21.8 Å². The second kappa shape index (κ2) is 8.19. The van der Waals surface area contributed by atoms with E-state index in [0.29, 0.717) is 17.3 Å². The molecule has 4 aromatic rings. The van der Waals surface area contributed by atoms with Gasteiger partial charge < -0.3 is 14.8 Å². The van der Waals surface area contributed by atoms with Crippen LogP contribution in [0.2, 0.25) is 0 Å². The highest BCUT2D eigenvalue weighted by atomic mass is 32.1. The zero-order valence-corrected chi connectivity index (χ0v) is 17.3. The molecule has 1 amide bonds. The number of aromatic nitrogens is 1. The van der Waals surface area contributed by atoms with E-state index < -0.39 is 0 Å². The summed E-state index contributed by atoms with van der Waals surface area (Å²) >= 11 is 1.69. The van der Waals surface area contributed by atoms with Gasteiger partial charge in [0.25, 0.3) is 0 Å². The largest absolute Gasteiger partial charge is 0.353 e. The van der Waals surface area contributed by atoms with Crippen molar-refractivity contribution in [3.8, 4) is 0 Å². The first-order chi connectivity index (χ1) is 14.1. The summed E-state index contributed by atoms with van der Waals surface area (Å²) in [6.45, 7) is 0.689. The van der Waals surface area contributed by atoms with Gasteiger partial charge in [0.1, 0.15) is 6.54 Å². The van der Waals surface area contributed by atoms with E-state index in [4.69, 9.17) is 0 Å². The lowest BCUT2D eigenvalue weighted by atomic mass is 10.1. The van der Waals surface area contributed by atoms with E-state index in [1.807, 2.05) is 78.6 Å². The average molecular weight is 406 g/mol. The van der Waals surface area contributed by atoms with Crippen LogP contribution < -0.4 is 10.7 Å². The molecule has 0 fully saturated rings. The quantitative estimate of drug-likeness (QED) is 0.499. The fourth-order valence-corrected chi connectivity index (χ4v) is 4.60. The normalized spacial score (nSPS) is 12.5. The lowest BCUT2D eigenvalue weighted by molar-refractivity contribution is -0.121. The lowest BCUT2D eigenvalue weighted by Gasteiger charge is -2.24. The van der Waals surface area contributed by atoms with Crippen molar-refractivity contribution in [3.63, 3.8) is 0 Å². The zero-order valence-electron chi connectivity index (χ0n) is 16.5. The Bertz CT molecular complexity index is 1150. The molecule has 148 valence electrons. The molecule has 0 aliphatic carbocycles. The Morgan fingerprint density at radius 3 is 2.17 bits per heavy atom. The van der Waals surface area contributed by atoms with Crippen molar-refractivity contribution < 1.29 is 4.79 Å². The summed E-state index contributed by atoms with van der Waals surface area (Å²) in [5, 5.41) is 6.38. The minimum absolute atomic E-state index is 0.00164. The molecule has 2 aromatic carbocycles. The summed E-state index contributed by atoms with van der Waals surface area (Å²) in [6.07, 6.45) is 0. The molecule has 2 aromatic heterocycles. The van der Waals surface area contributed by atoms with Gasteiger partial charge in [-0.1, -0.05) is 30.3 Å². The van der Waals surface area contributed by atoms with Gasteiger partial charge in [-0.2, -0.15) is 0 Å². The van der Waals surface area contributed by atoms with Crippen molar-refractivity contribution in [2.75, 3.05) is 20.6 Å². The second-order valence-corrected chi connectivity index (χ2v) is 8.23. The first kappa shape index (κ1) is 19.4. The second-order valence-electron chi connectivity index (χ2n) is 7.25. The summed E-state index contributed by atoms with van der Waals surface area (Å²) in [4.78, 5) is 29.0. The molecular formula is C23H23N3O2S. The van der Waals surface area contributed by atoms with Crippen molar-refractivity contribution >= 4 is 39.0 Å². The van der Waals surface area contributed by atoms with Crippen molar-refractivity contribution in [3.05, 3.63) is 81.1 Å². The lowest BCUT2D eigenvalue weighted by Crippen LogP contribution is -2.36. The molecule has 0 spiro atoms. The molecule has 0 saturated carbocycles. The predicted octanol–water partition coefficient (Wildman–Crippen LogP) is 3.64. The van der Waals surface area contributed by atoms with E-state index in [2.05, 4.69) is 16.3 Å². The first-order valence-corrected chi connectivity index (χ1v) is 10.4. The number of pyridine rings is 1. The third-order valence-electron chi connectivity index (χ3n) is 5.17. The van der Waals surface area contributed by atoms with E-state index in [-0.39, 0.29) is 23.9 Å². The molecule has 5 nitrogen and oxygen atoms in total. The maximum atomic E-state index is 12.9. The molecule has 0 bridgehead atoms. The number of nitrogens with one attached hydrogen (secondary N) is 1. The van der Waals surface area contributed by atoms with Crippen LogP contribution in [0.15, 0.2) is 70.8 Å². The van der Waals surface area contributed by atoms with Crippen LogP contribution in [-0.2, 0) is 11.3 Å². The fourth-order valence-electron chi connectivity index (χ4n) is 3.68. The van der Waals surface area contributed by atoms with Crippen molar-refractivity contribution in [1.29, 1.82) is 0 Å². The Hall–Kier alpha value is -2.96. The number of hydrogen-bond donors (Lipinski definition) is 1. The van der Waals surface area contributed by atoms with Gasteiger partial charge in [-0.05, 0) is 49.8 Å². The topological polar surface area (TPSA) is 54.3 Å². The first-order valence-electron chi connectivity index (χ1n) is 9.53. The summed E-state index contributed by atoms with van der Waals surface area (Å²) in [6, 6.07) is 19.2. The number of carbonyl (C=O) groups excluding carboxylic acids is 1. The zero-order chi connectivity index (χ0) is 20.4. The van der Waals surface area contributed by atoms with Gasteiger partial charge in [-0.25, -0.2) is 0 Å².